The number of sulfone groups is 1. The Morgan fingerprint density at radius 3 is 2.62 bits per heavy atom. The molecule has 0 radical (unpaired) electrons. The van der Waals surface area contributed by atoms with E-state index >= 15 is 0 Å². The Kier molecular flexibility index (Phi) is 4.90. The number of pyridine rings is 1. The second-order valence-corrected chi connectivity index (χ2v) is 9.53. The van der Waals surface area contributed by atoms with Crippen molar-refractivity contribution >= 4 is 44.1 Å². The van der Waals surface area contributed by atoms with Crippen LogP contribution >= 0.6 is 0 Å². The SMILES string of the molecule is Cn1c(=O)c(S(=O)(=O)c2ccc(F)cc2F)cc2cnc(Nc3ccc4c(c3)CC(=O)N4)nc21. The number of carbonyl (C=O) groups excluding carboxylic acids is 1. The molecule has 0 atom stereocenters. The lowest BCUT2D eigenvalue weighted by Crippen LogP contribution is -2.25. The molecule has 0 spiro atoms. The van der Waals surface area contributed by atoms with Crippen molar-refractivity contribution < 1.29 is 22.0 Å². The Morgan fingerprint density at radius 1 is 1.06 bits per heavy atom. The zero-order valence-corrected chi connectivity index (χ0v) is 18.3. The van der Waals surface area contributed by atoms with Gasteiger partial charge in [-0.15, -0.1) is 0 Å². The molecular formula is C22H15F2N5O4S. The number of amides is 1. The number of aromatic nitrogens is 3. The van der Waals surface area contributed by atoms with E-state index in [2.05, 4.69) is 20.6 Å². The third-order valence-electron chi connectivity index (χ3n) is 5.38. The van der Waals surface area contributed by atoms with E-state index in [1.165, 1.54) is 13.2 Å². The van der Waals surface area contributed by atoms with E-state index in [1.807, 2.05) is 0 Å². The fraction of sp³-hybridized carbons (Fsp3) is 0.0909. The van der Waals surface area contributed by atoms with Crippen molar-refractivity contribution in [2.75, 3.05) is 10.6 Å². The molecule has 1 aliphatic rings. The quantitative estimate of drug-likeness (QED) is 0.428. The smallest absolute Gasteiger partial charge is 0.271 e. The van der Waals surface area contributed by atoms with Gasteiger partial charge in [0.05, 0.1) is 6.42 Å². The van der Waals surface area contributed by atoms with E-state index in [-0.39, 0.29) is 29.3 Å². The van der Waals surface area contributed by atoms with Crippen LogP contribution in [0, 0.1) is 11.6 Å². The normalized spacial score (nSPS) is 13.1. The summed E-state index contributed by atoms with van der Waals surface area (Å²) in [6.45, 7) is 0. The highest BCUT2D eigenvalue weighted by atomic mass is 32.2. The van der Waals surface area contributed by atoms with Crippen LogP contribution in [0.2, 0.25) is 0 Å². The van der Waals surface area contributed by atoms with Crippen LogP contribution in [-0.2, 0) is 28.1 Å². The minimum absolute atomic E-state index is 0.101. The highest BCUT2D eigenvalue weighted by molar-refractivity contribution is 7.91. The maximum Gasteiger partial charge on any atom is 0.271 e. The largest absolute Gasteiger partial charge is 0.326 e. The molecule has 0 bridgehead atoms. The molecule has 3 heterocycles. The molecule has 34 heavy (non-hydrogen) atoms. The summed E-state index contributed by atoms with van der Waals surface area (Å²) < 4.78 is 54.3. The van der Waals surface area contributed by atoms with Crippen molar-refractivity contribution in [2.24, 2.45) is 7.05 Å². The molecule has 0 saturated heterocycles. The molecular weight excluding hydrogens is 468 g/mol. The maximum absolute atomic E-state index is 14.2. The van der Waals surface area contributed by atoms with E-state index in [0.29, 0.717) is 11.8 Å². The first-order valence-electron chi connectivity index (χ1n) is 9.90. The number of benzene rings is 2. The number of hydrogen-bond donors (Lipinski definition) is 2. The van der Waals surface area contributed by atoms with Gasteiger partial charge in [0.1, 0.15) is 27.1 Å². The summed E-state index contributed by atoms with van der Waals surface area (Å²) in [5, 5.41) is 5.95. The van der Waals surface area contributed by atoms with Crippen LogP contribution in [0.25, 0.3) is 11.0 Å². The third kappa shape index (κ3) is 3.57. The Morgan fingerprint density at radius 2 is 1.85 bits per heavy atom. The van der Waals surface area contributed by atoms with Gasteiger partial charge in [-0.25, -0.2) is 22.2 Å². The Labute approximate surface area is 191 Å². The van der Waals surface area contributed by atoms with E-state index in [0.717, 1.165) is 34.0 Å². The van der Waals surface area contributed by atoms with Gasteiger partial charge in [-0.05, 0) is 42.0 Å². The number of halogens is 2. The molecule has 2 aromatic heterocycles. The number of carbonyl (C=O) groups is 1. The van der Waals surface area contributed by atoms with Crippen LogP contribution < -0.4 is 16.2 Å². The first kappa shape index (κ1) is 21.6. The van der Waals surface area contributed by atoms with Gasteiger partial charge in [0.2, 0.25) is 21.7 Å². The van der Waals surface area contributed by atoms with E-state index in [9.17, 15) is 26.8 Å². The fourth-order valence-corrected chi connectivity index (χ4v) is 5.17. The second kappa shape index (κ2) is 7.70. The molecule has 0 saturated carbocycles. The minimum Gasteiger partial charge on any atom is -0.326 e. The van der Waals surface area contributed by atoms with Crippen molar-refractivity contribution in [1.82, 2.24) is 14.5 Å². The topological polar surface area (TPSA) is 123 Å². The lowest BCUT2D eigenvalue weighted by Gasteiger charge is -2.11. The highest BCUT2D eigenvalue weighted by Crippen LogP contribution is 2.28. The molecule has 9 nitrogen and oxygen atoms in total. The first-order valence-corrected chi connectivity index (χ1v) is 11.4. The zero-order chi connectivity index (χ0) is 24.2. The zero-order valence-electron chi connectivity index (χ0n) is 17.5. The molecule has 1 amide bonds. The van der Waals surface area contributed by atoms with E-state index in [1.54, 1.807) is 18.2 Å². The lowest BCUT2D eigenvalue weighted by molar-refractivity contribution is -0.115. The van der Waals surface area contributed by atoms with Crippen LogP contribution in [0.1, 0.15) is 5.56 Å². The molecule has 5 rings (SSSR count). The summed E-state index contributed by atoms with van der Waals surface area (Å²) in [5.74, 6) is -2.21. The van der Waals surface area contributed by atoms with Crippen LogP contribution in [0.5, 0.6) is 0 Å². The van der Waals surface area contributed by atoms with Crippen LogP contribution in [0.4, 0.5) is 26.1 Å². The van der Waals surface area contributed by atoms with Crippen LogP contribution in [-0.4, -0.2) is 28.9 Å². The number of nitrogens with one attached hydrogen (secondary N) is 2. The molecule has 0 fully saturated rings. The Balaban J connectivity index is 1.55. The van der Waals surface area contributed by atoms with Gasteiger partial charge >= 0.3 is 0 Å². The summed E-state index contributed by atoms with van der Waals surface area (Å²) in [7, 11) is -3.25. The second-order valence-electron chi connectivity index (χ2n) is 7.65. The van der Waals surface area contributed by atoms with Crippen molar-refractivity contribution in [2.45, 2.75) is 16.2 Å². The maximum atomic E-state index is 14.2. The van der Waals surface area contributed by atoms with Gasteiger partial charge in [-0.3, -0.25) is 14.2 Å². The first-order chi connectivity index (χ1) is 16.1. The average molecular weight is 483 g/mol. The summed E-state index contributed by atoms with van der Waals surface area (Å²) >= 11 is 0. The number of rotatable bonds is 4. The standard InChI is InChI=1S/C22H15F2N5O4S/c1-29-20-12(7-18(21(29)31)34(32,33)17-5-2-13(23)9-15(17)24)10-25-22(28-20)26-14-3-4-16-11(6-14)8-19(30)27-16/h2-7,9-10H,8H2,1H3,(H,27,30)(H,25,26,28). The van der Waals surface area contributed by atoms with Gasteiger partial charge in [-0.1, -0.05) is 0 Å². The molecule has 172 valence electrons. The summed E-state index contributed by atoms with van der Waals surface area (Å²) in [6.07, 6.45) is 1.58. The predicted octanol–water partition coefficient (Wildman–Crippen LogP) is 2.68. The lowest BCUT2D eigenvalue weighted by atomic mass is 10.1. The molecule has 0 aliphatic carbocycles. The van der Waals surface area contributed by atoms with Gasteiger partial charge in [-0.2, -0.15) is 4.98 Å². The molecule has 0 unspecified atom stereocenters. The minimum atomic E-state index is -4.58. The van der Waals surface area contributed by atoms with Gasteiger partial charge in [0, 0.05) is 36.1 Å². The summed E-state index contributed by atoms with van der Waals surface area (Å²) in [6, 6.07) is 8.30. The average Bonchev–Trinajstić information content (AvgIpc) is 3.15. The monoisotopic (exact) mass is 483 g/mol. The van der Waals surface area contributed by atoms with Gasteiger partial charge in [0.15, 0.2) is 0 Å². The van der Waals surface area contributed by atoms with Crippen molar-refractivity contribution in [3.8, 4) is 0 Å². The molecule has 12 heteroatoms. The Bertz CT molecular complexity index is 1690. The van der Waals surface area contributed by atoms with Gasteiger partial charge < -0.3 is 10.6 Å². The number of fused-ring (bicyclic) bond motifs is 2. The number of hydrogen-bond acceptors (Lipinski definition) is 7. The number of anilines is 3. The summed E-state index contributed by atoms with van der Waals surface area (Å²) in [5.41, 5.74) is 1.36. The van der Waals surface area contributed by atoms with Gasteiger partial charge in [0.25, 0.3) is 5.56 Å². The Hall–Kier alpha value is -4.19. The molecule has 1 aliphatic heterocycles. The van der Waals surface area contributed by atoms with Crippen LogP contribution in [0.15, 0.2) is 63.2 Å². The van der Waals surface area contributed by atoms with E-state index in [4.69, 9.17) is 0 Å². The van der Waals surface area contributed by atoms with Crippen LogP contribution in [0.3, 0.4) is 0 Å². The fourth-order valence-electron chi connectivity index (χ4n) is 3.72. The van der Waals surface area contributed by atoms with Crippen molar-refractivity contribution in [3.05, 3.63) is 76.2 Å². The molecule has 4 aromatic rings. The van der Waals surface area contributed by atoms with Crippen molar-refractivity contribution in [3.63, 3.8) is 0 Å². The molecule has 2 aromatic carbocycles. The third-order valence-corrected chi connectivity index (χ3v) is 7.16. The van der Waals surface area contributed by atoms with Crippen molar-refractivity contribution in [1.29, 1.82) is 0 Å². The summed E-state index contributed by atoms with van der Waals surface area (Å²) in [4.78, 5) is 31.4. The highest BCUT2D eigenvalue weighted by Gasteiger charge is 2.27. The number of nitrogens with zero attached hydrogens (tertiary/aromatic N) is 3. The number of aryl methyl sites for hydroxylation is 1. The predicted molar refractivity (Wildman–Crippen MR) is 119 cm³/mol. The molecule has 2 N–H and O–H groups in total. The van der Waals surface area contributed by atoms with E-state index < -0.39 is 36.8 Å².